The molecule has 0 saturated carbocycles. The molecule has 0 radical (unpaired) electrons. The van der Waals surface area contributed by atoms with Gasteiger partial charge in [0.1, 0.15) is 0 Å². The molecule has 1 unspecified atom stereocenters. The minimum Gasteiger partial charge on any atom is -0.350 e. The Morgan fingerprint density at radius 2 is 2.29 bits per heavy atom. The second kappa shape index (κ2) is 6.85. The van der Waals surface area contributed by atoms with Gasteiger partial charge < -0.3 is 10.6 Å². The fourth-order valence-electron chi connectivity index (χ4n) is 3.43. The van der Waals surface area contributed by atoms with Crippen LogP contribution in [0.3, 0.4) is 0 Å². The number of hydrogen-bond donors (Lipinski definition) is 2. The van der Waals surface area contributed by atoms with Crippen LogP contribution in [0.4, 0.5) is 0 Å². The van der Waals surface area contributed by atoms with Crippen molar-refractivity contribution in [3.8, 4) is 0 Å². The van der Waals surface area contributed by atoms with E-state index >= 15 is 0 Å². The van der Waals surface area contributed by atoms with Crippen molar-refractivity contribution >= 4 is 17.2 Å². The molecule has 2 fully saturated rings. The van der Waals surface area contributed by atoms with Crippen molar-refractivity contribution in [3.05, 3.63) is 16.1 Å². The second-order valence-corrected chi connectivity index (χ2v) is 6.90. The van der Waals surface area contributed by atoms with Gasteiger partial charge in [0.2, 0.25) is 5.91 Å². The number of likely N-dealkylation sites (tertiary alicyclic amines) is 1. The van der Waals surface area contributed by atoms with E-state index in [9.17, 15) is 4.79 Å². The van der Waals surface area contributed by atoms with Crippen LogP contribution in [0.5, 0.6) is 0 Å². The Kier molecular flexibility index (Phi) is 4.87. The number of hydrogen-bond acceptors (Lipinski definition) is 5. The number of amides is 1. The average molecular weight is 308 g/mol. The number of carbonyl (C=O) groups is 1. The van der Waals surface area contributed by atoms with Crippen LogP contribution in [0.25, 0.3) is 0 Å². The number of nitrogens with zero attached hydrogens (tertiary/aromatic N) is 2. The van der Waals surface area contributed by atoms with Gasteiger partial charge in [-0.15, -0.1) is 11.3 Å². The van der Waals surface area contributed by atoms with Gasteiger partial charge in [-0.1, -0.05) is 0 Å². The third-order valence-corrected chi connectivity index (χ3v) is 5.58. The molecule has 21 heavy (non-hydrogen) atoms. The number of thiazole rings is 1. The van der Waals surface area contributed by atoms with E-state index in [2.05, 4.69) is 20.5 Å². The van der Waals surface area contributed by atoms with Gasteiger partial charge in [0.25, 0.3) is 0 Å². The zero-order valence-electron chi connectivity index (χ0n) is 12.6. The molecule has 6 heteroatoms. The summed E-state index contributed by atoms with van der Waals surface area (Å²) >= 11 is 1.62. The standard InChI is InChI=1S/C15H24N4OS/c1-11-14(21-10-18-11)9-17-15(20)13-3-2-8-19(13)12-4-6-16-7-5-12/h10,12-13,16H,2-9H2,1H3,(H,17,20). The van der Waals surface area contributed by atoms with E-state index in [4.69, 9.17) is 0 Å². The first-order valence-corrected chi connectivity index (χ1v) is 8.77. The molecule has 1 aromatic heterocycles. The molecule has 2 aliphatic rings. The highest BCUT2D eigenvalue weighted by Crippen LogP contribution is 2.24. The van der Waals surface area contributed by atoms with E-state index in [1.54, 1.807) is 11.3 Å². The van der Waals surface area contributed by atoms with Crippen molar-refractivity contribution in [3.63, 3.8) is 0 Å². The Bertz CT molecular complexity index is 484. The summed E-state index contributed by atoms with van der Waals surface area (Å²) in [4.78, 5) is 20.4. The number of nitrogens with one attached hydrogen (secondary N) is 2. The van der Waals surface area contributed by atoms with Crippen LogP contribution < -0.4 is 10.6 Å². The van der Waals surface area contributed by atoms with Crippen LogP contribution >= 0.6 is 11.3 Å². The number of rotatable bonds is 4. The van der Waals surface area contributed by atoms with Gasteiger partial charge >= 0.3 is 0 Å². The Labute approximate surface area is 130 Å². The summed E-state index contributed by atoms with van der Waals surface area (Å²) in [5.74, 6) is 0.193. The molecule has 1 amide bonds. The third kappa shape index (κ3) is 3.44. The van der Waals surface area contributed by atoms with Gasteiger partial charge in [0.15, 0.2) is 0 Å². The SMILES string of the molecule is Cc1ncsc1CNC(=O)C1CCCN1C1CCNCC1. The summed E-state index contributed by atoms with van der Waals surface area (Å²) in [7, 11) is 0. The van der Waals surface area contributed by atoms with E-state index in [1.807, 2.05) is 12.4 Å². The van der Waals surface area contributed by atoms with Gasteiger partial charge in [-0.2, -0.15) is 0 Å². The summed E-state index contributed by atoms with van der Waals surface area (Å²) in [6.07, 6.45) is 4.47. The lowest BCUT2D eigenvalue weighted by molar-refractivity contribution is -0.126. The van der Waals surface area contributed by atoms with Crippen molar-refractivity contribution < 1.29 is 4.79 Å². The van der Waals surface area contributed by atoms with E-state index in [-0.39, 0.29) is 11.9 Å². The first kappa shape index (κ1) is 14.9. The monoisotopic (exact) mass is 308 g/mol. The maximum Gasteiger partial charge on any atom is 0.237 e. The highest BCUT2D eigenvalue weighted by Gasteiger charge is 2.35. The largest absolute Gasteiger partial charge is 0.350 e. The summed E-state index contributed by atoms with van der Waals surface area (Å²) in [5, 5.41) is 6.51. The topological polar surface area (TPSA) is 57.3 Å². The van der Waals surface area contributed by atoms with Gasteiger partial charge in [-0.25, -0.2) is 4.98 Å². The first-order chi connectivity index (χ1) is 10.3. The van der Waals surface area contributed by atoms with Crippen molar-refractivity contribution in [2.75, 3.05) is 19.6 Å². The molecule has 3 heterocycles. The zero-order chi connectivity index (χ0) is 14.7. The second-order valence-electron chi connectivity index (χ2n) is 5.96. The zero-order valence-corrected chi connectivity index (χ0v) is 13.4. The van der Waals surface area contributed by atoms with Gasteiger partial charge in [0.05, 0.1) is 23.8 Å². The number of aryl methyl sites for hydroxylation is 1. The van der Waals surface area contributed by atoms with Crippen molar-refractivity contribution in [1.82, 2.24) is 20.5 Å². The highest BCUT2D eigenvalue weighted by molar-refractivity contribution is 7.09. The summed E-state index contributed by atoms with van der Waals surface area (Å²) in [6.45, 7) is 5.84. The summed E-state index contributed by atoms with van der Waals surface area (Å²) in [5.41, 5.74) is 2.87. The van der Waals surface area contributed by atoms with E-state index in [0.29, 0.717) is 12.6 Å². The minimum atomic E-state index is 0.0707. The summed E-state index contributed by atoms with van der Waals surface area (Å²) < 4.78 is 0. The Hall–Kier alpha value is -0.980. The third-order valence-electron chi connectivity index (χ3n) is 4.64. The maximum atomic E-state index is 12.5. The molecule has 2 aliphatic heterocycles. The first-order valence-electron chi connectivity index (χ1n) is 7.89. The van der Waals surface area contributed by atoms with Crippen LogP contribution in [0.2, 0.25) is 0 Å². The normalized spacial score (nSPS) is 24.3. The highest BCUT2D eigenvalue weighted by atomic mass is 32.1. The Balaban J connectivity index is 1.56. The molecule has 0 aromatic carbocycles. The lowest BCUT2D eigenvalue weighted by Crippen LogP contribution is -2.50. The molecule has 1 aromatic rings. The maximum absolute atomic E-state index is 12.5. The van der Waals surface area contributed by atoms with Crippen LogP contribution in [0.15, 0.2) is 5.51 Å². The molecule has 0 aliphatic carbocycles. The lowest BCUT2D eigenvalue weighted by atomic mass is 10.0. The molecule has 5 nitrogen and oxygen atoms in total. The van der Waals surface area contributed by atoms with Crippen LogP contribution in [0.1, 0.15) is 36.3 Å². The minimum absolute atomic E-state index is 0.0707. The quantitative estimate of drug-likeness (QED) is 0.880. The number of carbonyl (C=O) groups excluding carboxylic acids is 1. The molecule has 2 N–H and O–H groups in total. The van der Waals surface area contributed by atoms with Crippen molar-refractivity contribution in [2.24, 2.45) is 0 Å². The molecule has 2 saturated heterocycles. The average Bonchev–Trinajstić information content (AvgIpc) is 3.15. The molecule has 116 valence electrons. The molecule has 0 bridgehead atoms. The molecular weight excluding hydrogens is 284 g/mol. The predicted molar refractivity (Wildman–Crippen MR) is 84.3 cm³/mol. The van der Waals surface area contributed by atoms with Crippen LogP contribution in [-0.4, -0.2) is 47.5 Å². The Morgan fingerprint density at radius 1 is 1.48 bits per heavy atom. The number of aromatic nitrogens is 1. The summed E-state index contributed by atoms with van der Waals surface area (Å²) in [6, 6.07) is 0.649. The Morgan fingerprint density at radius 3 is 3.00 bits per heavy atom. The lowest BCUT2D eigenvalue weighted by Gasteiger charge is -2.35. The molecule has 3 rings (SSSR count). The van der Waals surface area contributed by atoms with E-state index in [1.165, 1.54) is 0 Å². The predicted octanol–water partition coefficient (Wildman–Crippen LogP) is 1.28. The van der Waals surface area contributed by atoms with Gasteiger partial charge in [-0.3, -0.25) is 9.69 Å². The molecular formula is C15H24N4OS. The smallest absolute Gasteiger partial charge is 0.237 e. The van der Waals surface area contributed by atoms with Gasteiger partial charge in [-0.05, 0) is 52.2 Å². The van der Waals surface area contributed by atoms with Gasteiger partial charge in [0, 0.05) is 10.9 Å². The fraction of sp³-hybridized carbons (Fsp3) is 0.733. The van der Waals surface area contributed by atoms with E-state index in [0.717, 1.165) is 55.9 Å². The van der Waals surface area contributed by atoms with Crippen LogP contribution in [-0.2, 0) is 11.3 Å². The number of piperidine rings is 1. The van der Waals surface area contributed by atoms with E-state index < -0.39 is 0 Å². The van der Waals surface area contributed by atoms with Crippen molar-refractivity contribution in [1.29, 1.82) is 0 Å². The van der Waals surface area contributed by atoms with Crippen LogP contribution in [0, 0.1) is 6.92 Å². The molecule has 1 atom stereocenters. The van der Waals surface area contributed by atoms with Crippen molar-refractivity contribution in [2.45, 2.75) is 51.2 Å². The fourth-order valence-corrected chi connectivity index (χ4v) is 4.14. The molecule has 0 spiro atoms.